The van der Waals surface area contributed by atoms with Crippen LogP contribution in [0.15, 0.2) is 59.3 Å². The van der Waals surface area contributed by atoms with E-state index < -0.39 is 11.7 Å². The van der Waals surface area contributed by atoms with Crippen LogP contribution in [0.1, 0.15) is 57.1 Å². The quantitative estimate of drug-likeness (QED) is 0.280. The Morgan fingerprint density at radius 2 is 1.72 bits per heavy atom. The molecular formula is C32H35BrN6O4. The Hall–Kier alpha value is -3.67. The van der Waals surface area contributed by atoms with Crippen molar-refractivity contribution < 1.29 is 19.8 Å². The van der Waals surface area contributed by atoms with Gasteiger partial charge in [-0.2, -0.15) is 9.61 Å². The number of benzene rings is 1. The number of halogens is 1. The smallest absolute Gasteiger partial charge is 0.254 e. The summed E-state index contributed by atoms with van der Waals surface area (Å²) in [5.74, 6) is -0.294. The lowest BCUT2D eigenvalue weighted by atomic mass is 9.75. The van der Waals surface area contributed by atoms with Crippen LogP contribution in [0.5, 0.6) is 0 Å². The minimum atomic E-state index is -1.47. The number of Topliss-reactive ketones (excluding diaryl/α,β-unsaturated/α-hetero) is 1. The number of likely N-dealkylation sites (tertiary alicyclic amines) is 1. The molecule has 11 heteroatoms. The summed E-state index contributed by atoms with van der Waals surface area (Å²) in [4.78, 5) is 37.0. The van der Waals surface area contributed by atoms with Crippen molar-refractivity contribution in [3.8, 4) is 22.4 Å². The summed E-state index contributed by atoms with van der Waals surface area (Å²) in [5.41, 5.74) is 10.1. The molecule has 0 bridgehead atoms. The zero-order valence-corrected chi connectivity index (χ0v) is 25.6. The van der Waals surface area contributed by atoms with Crippen LogP contribution in [0.4, 0.5) is 5.82 Å². The summed E-state index contributed by atoms with van der Waals surface area (Å²) in [6, 6.07) is 14.0. The van der Waals surface area contributed by atoms with Crippen LogP contribution in [0.3, 0.4) is 0 Å². The predicted octanol–water partition coefficient (Wildman–Crippen LogP) is 4.38. The van der Waals surface area contributed by atoms with Crippen molar-refractivity contribution in [3.05, 3.63) is 65.0 Å². The first-order valence-corrected chi connectivity index (χ1v) is 15.5. The monoisotopic (exact) mass is 646 g/mol. The van der Waals surface area contributed by atoms with Crippen molar-refractivity contribution in [1.29, 1.82) is 0 Å². The molecule has 1 amide bonds. The Morgan fingerprint density at radius 1 is 1.02 bits per heavy atom. The van der Waals surface area contributed by atoms with Crippen LogP contribution in [0.2, 0.25) is 0 Å². The first-order chi connectivity index (χ1) is 20.7. The average molecular weight is 648 g/mol. The van der Waals surface area contributed by atoms with Gasteiger partial charge in [-0.05, 0) is 67.4 Å². The highest BCUT2D eigenvalue weighted by Gasteiger charge is 2.44. The number of aliphatic hydroxyl groups excluding tert-OH is 1. The molecule has 10 nitrogen and oxygen atoms in total. The average Bonchev–Trinajstić information content (AvgIpc) is 3.47. The third-order valence-corrected chi connectivity index (χ3v) is 9.80. The lowest BCUT2D eigenvalue weighted by molar-refractivity contribution is -0.158. The predicted molar refractivity (Wildman–Crippen MR) is 166 cm³/mol. The molecule has 43 heavy (non-hydrogen) atoms. The van der Waals surface area contributed by atoms with Gasteiger partial charge in [0.1, 0.15) is 17.5 Å². The topological polar surface area (TPSA) is 147 Å². The van der Waals surface area contributed by atoms with E-state index >= 15 is 0 Å². The molecule has 4 heterocycles. The molecule has 1 aliphatic heterocycles. The lowest BCUT2D eigenvalue weighted by Crippen LogP contribution is -2.53. The minimum absolute atomic E-state index is 0.0566. The highest BCUT2D eigenvalue weighted by molar-refractivity contribution is 9.10. The number of nitrogen functional groups attached to an aromatic ring is 1. The van der Waals surface area contributed by atoms with Crippen LogP contribution in [0.25, 0.3) is 28.0 Å². The van der Waals surface area contributed by atoms with E-state index in [1.165, 1.54) is 6.92 Å². The fourth-order valence-corrected chi connectivity index (χ4v) is 6.99. The highest BCUT2D eigenvalue weighted by atomic mass is 79.9. The normalized spacial score (nSPS) is 22.0. The molecule has 4 aromatic rings. The number of hydrogen-bond donors (Lipinski definition) is 3. The van der Waals surface area contributed by atoms with Gasteiger partial charge in [0.2, 0.25) is 0 Å². The summed E-state index contributed by atoms with van der Waals surface area (Å²) in [7, 11) is 0. The van der Waals surface area contributed by atoms with Gasteiger partial charge in [-0.25, -0.2) is 4.98 Å². The molecule has 1 atom stereocenters. The number of carbonyl (C=O) groups excluding carboxylic acids is 2. The summed E-state index contributed by atoms with van der Waals surface area (Å²) in [6.45, 7) is 2.43. The summed E-state index contributed by atoms with van der Waals surface area (Å²) in [6.07, 6.45) is 5.13. The molecule has 1 aliphatic carbocycles. The van der Waals surface area contributed by atoms with E-state index in [2.05, 4.69) is 26.0 Å². The van der Waals surface area contributed by atoms with Gasteiger partial charge in [-0.3, -0.25) is 14.6 Å². The number of nitrogens with zero attached hydrogens (tertiary/aromatic N) is 5. The number of piperidine rings is 1. The Kier molecular flexibility index (Phi) is 8.06. The Balaban J connectivity index is 1.17. The summed E-state index contributed by atoms with van der Waals surface area (Å²) >= 11 is 3.65. The molecule has 4 N–H and O–H groups in total. The number of pyridine rings is 1. The molecule has 2 fully saturated rings. The van der Waals surface area contributed by atoms with Crippen LogP contribution < -0.4 is 5.73 Å². The molecule has 1 aromatic carbocycles. The molecule has 3 aromatic heterocycles. The minimum Gasteiger partial charge on any atom is -0.386 e. The zero-order chi connectivity index (χ0) is 30.3. The molecular weight excluding hydrogens is 612 g/mol. The second-order valence-corrected chi connectivity index (χ2v) is 12.5. The summed E-state index contributed by atoms with van der Waals surface area (Å²) in [5, 5.41) is 25.3. The molecule has 1 saturated carbocycles. The van der Waals surface area contributed by atoms with Crippen molar-refractivity contribution >= 4 is 39.1 Å². The van der Waals surface area contributed by atoms with Gasteiger partial charge in [-0.15, -0.1) is 0 Å². The maximum absolute atomic E-state index is 13.4. The number of fused-ring (bicyclic) bond motifs is 1. The second kappa shape index (κ2) is 11.8. The largest absolute Gasteiger partial charge is 0.386 e. The van der Waals surface area contributed by atoms with E-state index in [4.69, 9.17) is 10.7 Å². The first-order valence-electron chi connectivity index (χ1n) is 14.7. The van der Waals surface area contributed by atoms with Gasteiger partial charge in [-0.1, -0.05) is 36.4 Å². The first kappa shape index (κ1) is 29.4. The van der Waals surface area contributed by atoms with Crippen molar-refractivity contribution in [2.75, 3.05) is 18.8 Å². The van der Waals surface area contributed by atoms with E-state index in [-0.39, 0.29) is 36.4 Å². The number of nitrogens with two attached hydrogens (primary N) is 1. The SMILES string of the molecule is C[C@@H](O)C(=O)C1CCC(O)(C(=O)N2CCC(c3nc4c(-c5ccc(-c6ccccc6)nc5)cnn4c(N)c3Br)CC2)CC1. The van der Waals surface area contributed by atoms with E-state index in [0.717, 1.165) is 28.1 Å². The van der Waals surface area contributed by atoms with Gasteiger partial charge in [0, 0.05) is 47.8 Å². The molecule has 2 aliphatic rings. The van der Waals surface area contributed by atoms with Crippen LogP contribution in [-0.4, -0.2) is 71.2 Å². The fraction of sp³-hybridized carbons (Fsp3) is 0.406. The van der Waals surface area contributed by atoms with Crippen molar-refractivity contribution in [1.82, 2.24) is 24.5 Å². The van der Waals surface area contributed by atoms with Gasteiger partial charge >= 0.3 is 0 Å². The molecule has 0 radical (unpaired) electrons. The third-order valence-electron chi connectivity index (χ3n) is 8.99. The fourth-order valence-electron chi connectivity index (χ4n) is 6.41. The Labute approximate surface area is 258 Å². The van der Waals surface area contributed by atoms with E-state index in [1.54, 1.807) is 15.6 Å². The molecule has 0 unspecified atom stereocenters. The van der Waals surface area contributed by atoms with Crippen molar-refractivity contribution in [3.63, 3.8) is 0 Å². The third kappa shape index (κ3) is 5.57. The standard InChI is InChI=1S/C32H35BrN6O4/c1-19(40)28(41)22-9-13-32(43,14-10-22)31(42)38-15-11-21(12-16-38)27-26(33)29(34)39-30(37-27)24(18-36-39)23-7-8-25(35-17-23)20-5-3-2-4-6-20/h2-8,17-19,21-22,40,43H,9-16,34H2,1H3/t19-,22?,32?/m1/s1. The van der Waals surface area contributed by atoms with Gasteiger partial charge in [0.05, 0.1) is 22.1 Å². The highest BCUT2D eigenvalue weighted by Crippen LogP contribution is 2.39. The molecule has 6 rings (SSSR count). The van der Waals surface area contributed by atoms with Gasteiger partial charge in [0.15, 0.2) is 11.4 Å². The molecule has 0 spiro atoms. The van der Waals surface area contributed by atoms with Crippen LogP contribution >= 0.6 is 15.9 Å². The maximum Gasteiger partial charge on any atom is 0.254 e. The number of rotatable bonds is 6. The summed E-state index contributed by atoms with van der Waals surface area (Å²) < 4.78 is 2.32. The Bertz CT molecular complexity index is 1640. The van der Waals surface area contributed by atoms with Crippen molar-refractivity contribution in [2.24, 2.45) is 5.92 Å². The van der Waals surface area contributed by atoms with Crippen molar-refractivity contribution in [2.45, 2.75) is 63.1 Å². The number of amides is 1. The number of ketones is 1. The zero-order valence-electron chi connectivity index (χ0n) is 24.0. The lowest BCUT2D eigenvalue weighted by Gasteiger charge is -2.40. The number of hydrogen-bond acceptors (Lipinski definition) is 8. The molecule has 1 saturated heterocycles. The second-order valence-electron chi connectivity index (χ2n) is 11.7. The van der Waals surface area contributed by atoms with Crippen LogP contribution in [-0.2, 0) is 9.59 Å². The number of carbonyl (C=O) groups is 2. The van der Waals surface area contributed by atoms with Gasteiger partial charge in [0.25, 0.3) is 5.91 Å². The number of aromatic nitrogens is 4. The Morgan fingerprint density at radius 3 is 2.35 bits per heavy atom. The van der Waals surface area contributed by atoms with E-state index in [9.17, 15) is 19.8 Å². The number of aliphatic hydroxyl groups is 2. The molecule has 224 valence electrons. The van der Waals surface area contributed by atoms with Crippen LogP contribution in [0, 0.1) is 5.92 Å². The number of anilines is 1. The maximum atomic E-state index is 13.4. The van der Waals surface area contributed by atoms with E-state index in [1.807, 2.05) is 48.7 Å². The van der Waals surface area contributed by atoms with Gasteiger partial charge < -0.3 is 20.8 Å². The van der Waals surface area contributed by atoms with E-state index in [0.29, 0.717) is 54.7 Å².